The highest BCUT2D eigenvalue weighted by atomic mass is 79.9. The fourth-order valence-electron chi connectivity index (χ4n) is 2.27. The van der Waals surface area contributed by atoms with E-state index in [-0.39, 0.29) is 11.2 Å². The van der Waals surface area contributed by atoms with Crippen LogP contribution in [-0.4, -0.2) is 4.98 Å². The van der Waals surface area contributed by atoms with Crippen molar-refractivity contribution in [3.63, 3.8) is 0 Å². The molecule has 0 aliphatic rings. The highest BCUT2D eigenvalue weighted by Crippen LogP contribution is 2.31. The van der Waals surface area contributed by atoms with Crippen molar-refractivity contribution in [3.05, 3.63) is 76.1 Å². The zero-order valence-corrected chi connectivity index (χ0v) is 13.4. The third-order valence-electron chi connectivity index (χ3n) is 3.34. The molecule has 0 saturated heterocycles. The maximum atomic E-state index is 13.1. The van der Waals surface area contributed by atoms with E-state index in [4.69, 9.17) is 11.6 Å². The summed E-state index contributed by atoms with van der Waals surface area (Å²) in [5.74, 6) is -0.279. The van der Waals surface area contributed by atoms with Gasteiger partial charge in [-0.1, -0.05) is 46.3 Å². The van der Waals surface area contributed by atoms with Crippen molar-refractivity contribution in [2.75, 3.05) is 0 Å². The van der Waals surface area contributed by atoms with Gasteiger partial charge < -0.3 is 0 Å². The van der Waals surface area contributed by atoms with Crippen molar-refractivity contribution in [1.82, 2.24) is 4.98 Å². The number of benzene rings is 2. The summed E-state index contributed by atoms with van der Waals surface area (Å²) in [6.07, 6.45) is 0.594. The molecule has 0 radical (unpaired) electrons. The molecule has 0 aliphatic carbocycles. The Morgan fingerprint density at radius 1 is 1.10 bits per heavy atom. The van der Waals surface area contributed by atoms with Crippen LogP contribution in [0.25, 0.3) is 10.9 Å². The smallest absolute Gasteiger partial charge is 0.124 e. The van der Waals surface area contributed by atoms with E-state index in [9.17, 15) is 4.39 Å². The van der Waals surface area contributed by atoms with Crippen LogP contribution in [0.5, 0.6) is 0 Å². The Morgan fingerprint density at radius 2 is 1.90 bits per heavy atom. The van der Waals surface area contributed by atoms with Gasteiger partial charge in [0.2, 0.25) is 0 Å². The van der Waals surface area contributed by atoms with Gasteiger partial charge in [0.05, 0.1) is 10.9 Å². The average molecular weight is 365 g/mol. The first-order valence-corrected chi connectivity index (χ1v) is 7.80. The summed E-state index contributed by atoms with van der Waals surface area (Å²) >= 11 is 9.81. The molecule has 0 amide bonds. The largest absolute Gasteiger partial charge is 0.253 e. The second-order valence-electron chi connectivity index (χ2n) is 4.83. The van der Waals surface area contributed by atoms with Crippen LogP contribution >= 0.6 is 27.5 Å². The number of rotatable bonds is 3. The third kappa shape index (κ3) is 3.25. The van der Waals surface area contributed by atoms with Crippen molar-refractivity contribution in [3.8, 4) is 0 Å². The summed E-state index contributed by atoms with van der Waals surface area (Å²) in [5, 5.41) is 0.851. The van der Waals surface area contributed by atoms with E-state index in [1.54, 1.807) is 6.07 Å². The van der Waals surface area contributed by atoms with Crippen LogP contribution in [0.1, 0.15) is 16.6 Å². The van der Waals surface area contributed by atoms with Crippen molar-refractivity contribution in [2.24, 2.45) is 0 Å². The number of hydrogen-bond donors (Lipinski definition) is 0. The quantitative estimate of drug-likeness (QED) is 0.547. The third-order valence-corrected chi connectivity index (χ3v) is 4.42. The molecule has 0 spiro atoms. The fourth-order valence-corrected chi connectivity index (χ4v) is 3.38. The molecule has 2 aromatic carbocycles. The summed E-state index contributed by atoms with van der Waals surface area (Å²) in [4.78, 5) is 4.61. The first-order valence-electron chi connectivity index (χ1n) is 6.57. The average Bonchev–Trinajstić information content (AvgIpc) is 2.47. The molecule has 4 heteroatoms. The number of alkyl halides is 1. The van der Waals surface area contributed by atoms with Crippen LogP contribution in [0.15, 0.2) is 59.1 Å². The predicted octanol–water partition coefficient (Wildman–Crippen LogP) is 5.66. The zero-order chi connectivity index (χ0) is 14.8. The first kappa shape index (κ1) is 14.5. The lowest BCUT2D eigenvalue weighted by Crippen LogP contribution is -2.00. The van der Waals surface area contributed by atoms with Crippen LogP contribution < -0.4 is 0 Å². The van der Waals surface area contributed by atoms with E-state index >= 15 is 0 Å². The molecule has 0 fully saturated rings. The summed E-state index contributed by atoms with van der Waals surface area (Å²) < 4.78 is 13.8. The van der Waals surface area contributed by atoms with Crippen LogP contribution in [0.4, 0.5) is 4.39 Å². The van der Waals surface area contributed by atoms with E-state index in [0.717, 1.165) is 22.2 Å². The van der Waals surface area contributed by atoms with Crippen molar-refractivity contribution < 1.29 is 4.39 Å². The summed E-state index contributed by atoms with van der Waals surface area (Å²) in [5.41, 5.74) is 2.75. The van der Waals surface area contributed by atoms with Gasteiger partial charge in [-0.2, -0.15) is 0 Å². The fraction of sp³-hybridized carbons (Fsp3) is 0.118. The second kappa shape index (κ2) is 6.12. The molecule has 0 bridgehead atoms. The predicted molar refractivity (Wildman–Crippen MR) is 88.1 cm³/mol. The van der Waals surface area contributed by atoms with Crippen molar-refractivity contribution >= 4 is 38.4 Å². The molecule has 1 nitrogen and oxygen atoms in total. The Balaban J connectivity index is 1.87. The monoisotopic (exact) mass is 363 g/mol. The molecule has 1 heterocycles. The second-order valence-corrected chi connectivity index (χ2v) is 6.21. The van der Waals surface area contributed by atoms with E-state index in [0.29, 0.717) is 10.9 Å². The topological polar surface area (TPSA) is 12.9 Å². The number of halogens is 3. The Bertz CT molecular complexity index is 791. The lowest BCUT2D eigenvalue weighted by molar-refractivity contribution is 0.625. The van der Waals surface area contributed by atoms with Crippen molar-refractivity contribution in [1.29, 1.82) is 0 Å². The van der Waals surface area contributed by atoms with Crippen LogP contribution in [0, 0.1) is 5.82 Å². The van der Waals surface area contributed by atoms with Gasteiger partial charge in [-0.15, -0.1) is 11.6 Å². The van der Waals surface area contributed by atoms with Gasteiger partial charge >= 0.3 is 0 Å². The highest BCUT2D eigenvalue weighted by molar-refractivity contribution is 9.10. The molecule has 3 rings (SSSR count). The zero-order valence-electron chi connectivity index (χ0n) is 11.1. The maximum absolute atomic E-state index is 13.1. The number of pyridine rings is 1. The van der Waals surface area contributed by atoms with Crippen molar-refractivity contribution in [2.45, 2.75) is 11.8 Å². The molecular formula is C17H12BrClFN. The number of para-hydroxylation sites is 1. The lowest BCUT2D eigenvalue weighted by Gasteiger charge is -2.12. The normalized spacial score (nSPS) is 12.5. The number of fused-ring (bicyclic) bond motifs is 1. The van der Waals surface area contributed by atoms with Crippen LogP contribution in [0.2, 0.25) is 0 Å². The van der Waals surface area contributed by atoms with Gasteiger partial charge in [0, 0.05) is 22.0 Å². The maximum Gasteiger partial charge on any atom is 0.124 e. The molecule has 21 heavy (non-hydrogen) atoms. The van der Waals surface area contributed by atoms with Gasteiger partial charge in [-0.3, -0.25) is 4.98 Å². The van der Waals surface area contributed by atoms with Crippen LogP contribution in [0.3, 0.4) is 0 Å². The number of nitrogens with zero attached hydrogens (tertiary/aromatic N) is 1. The Morgan fingerprint density at radius 3 is 2.71 bits per heavy atom. The van der Waals surface area contributed by atoms with Gasteiger partial charge in [-0.05, 0) is 29.8 Å². The van der Waals surface area contributed by atoms with Gasteiger partial charge in [0.15, 0.2) is 0 Å². The Labute approximate surface area is 135 Å². The van der Waals surface area contributed by atoms with Gasteiger partial charge in [0.1, 0.15) is 5.82 Å². The Kier molecular flexibility index (Phi) is 4.22. The van der Waals surface area contributed by atoms with E-state index in [2.05, 4.69) is 20.9 Å². The molecule has 106 valence electrons. The van der Waals surface area contributed by atoms with Gasteiger partial charge in [0.25, 0.3) is 0 Å². The molecule has 0 saturated carbocycles. The van der Waals surface area contributed by atoms with E-state index < -0.39 is 0 Å². The minimum absolute atomic E-state index is 0.256. The first-order chi connectivity index (χ1) is 10.1. The number of hydrogen-bond acceptors (Lipinski definition) is 1. The summed E-state index contributed by atoms with van der Waals surface area (Å²) in [6, 6.07) is 16.5. The molecule has 1 unspecified atom stereocenters. The number of aromatic nitrogens is 1. The van der Waals surface area contributed by atoms with Gasteiger partial charge in [-0.25, -0.2) is 4.39 Å². The molecule has 1 atom stereocenters. The molecule has 1 aromatic heterocycles. The lowest BCUT2D eigenvalue weighted by atomic mass is 10.1. The Hall–Kier alpha value is -1.45. The highest BCUT2D eigenvalue weighted by Gasteiger charge is 2.14. The molecule has 0 N–H and O–H groups in total. The SMILES string of the molecule is Fc1ccc(C(Cl)Cc2ccc3ccccc3n2)c(Br)c1. The minimum Gasteiger partial charge on any atom is -0.253 e. The standard InChI is InChI=1S/C17H12BrClFN/c18-15-9-12(20)6-8-14(15)16(19)10-13-7-5-11-3-1-2-4-17(11)21-13/h1-9,16H,10H2. The minimum atomic E-state index is -0.279. The molecule has 0 aliphatic heterocycles. The van der Waals surface area contributed by atoms with Crippen LogP contribution in [-0.2, 0) is 6.42 Å². The van der Waals surface area contributed by atoms with E-state index in [1.807, 2.05) is 36.4 Å². The molecular weight excluding hydrogens is 353 g/mol. The summed E-state index contributed by atoms with van der Waals surface area (Å²) in [6.45, 7) is 0. The summed E-state index contributed by atoms with van der Waals surface area (Å²) in [7, 11) is 0. The van der Waals surface area contributed by atoms with E-state index in [1.165, 1.54) is 12.1 Å². The molecule has 3 aromatic rings.